The first kappa shape index (κ1) is 25.6. The van der Waals surface area contributed by atoms with Gasteiger partial charge < -0.3 is 28.6 Å². The Bertz CT molecular complexity index is 1530. The van der Waals surface area contributed by atoms with Gasteiger partial charge in [-0.25, -0.2) is 4.39 Å². The Labute approximate surface area is 231 Å². The van der Waals surface area contributed by atoms with Crippen molar-refractivity contribution in [2.75, 3.05) is 27.6 Å². The van der Waals surface area contributed by atoms with E-state index in [1.54, 1.807) is 31.3 Å². The Hall–Kier alpha value is -4.72. The molecule has 2 aliphatic rings. The fraction of sp³-hybridized carbons (Fsp3) is 0.219. The van der Waals surface area contributed by atoms with Crippen molar-refractivity contribution in [3.05, 3.63) is 112 Å². The van der Waals surface area contributed by atoms with E-state index in [-0.39, 0.29) is 18.3 Å². The van der Waals surface area contributed by atoms with Crippen molar-refractivity contribution in [3.8, 4) is 28.7 Å². The van der Waals surface area contributed by atoms with Crippen LogP contribution in [-0.4, -0.2) is 38.4 Å². The number of methoxy groups -OCH3 is 2. The second-order valence-corrected chi connectivity index (χ2v) is 9.59. The maximum Gasteiger partial charge on any atom is 0.254 e. The van der Waals surface area contributed by atoms with Crippen LogP contribution in [0.25, 0.3) is 0 Å². The first-order chi connectivity index (χ1) is 19.6. The van der Waals surface area contributed by atoms with Gasteiger partial charge in [0.2, 0.25) is 12.5 Å². The number of hydrogen-bond donors (Lipinski definition) is 0. The average molecular weight is 542 g/mol. The molecule has 7 nitrogen and oxygen atoms in total. The summed E-state index contributed by atoms with van der Waals surface area (Å²) >= 11 is 0. The molecule has 4 aromatic rings. The molecule has 1 unspecified atom stereocenters. The molecule has 1 atom stereocenters. The Morgan fingerprint density at radius 3 is 2.35 bits per heavy atom. The summed E-state index contributed by atoms with van der Waals surface area (Å²) in [5.74, 6) is 1.95. The smallest absolute Gasteiger partial charge is 0.254 e. The first-order valence-electron chi connectivity index (χ1n) is 13.0. The van der Waals surface area contributed by atoms with Crippen LogP contribution in [0.5, 0.6) is 28.7 Å². The summed E-state index contributed by atoms with van der Waals surface area (Å²) in [4.78, 5) is 15.6. The monoisotopic (exact) mass is 541 g/mol. The molecule has 2 heterocycles. The molecule has 0 spiro atoms. The van der Waals surface area contributed by atoms with Crippen LogP contribution in [0, 0.1) is 5.82 Å². The van der Waals surface area contributed by atoms with Gasteiger partial charge in [-0.3, -0.25) is 4.79 Å². The highest BCUT2D eigenvalue weighted by molar-refractivity contribution is 5.95. The Kier molecular flexibility index (Phi) is 6.90. The molecule has 0 radical (unpaired) electrons. The number of hydrogen-bond acceptors (Lipinski definition) is 6. The van der Waals surface area contributed by atoms with E-state index in [1.165, 1.54) is 12.1 Å². The van der Waals surface area contributed by atoms with E-state index < -0.39 is 11.9 Å². The topological polar surface area (TPSA) is 66.5 Å². The fourth-order valence-corrected chi connectivity index (χ4v) is 5.30. The van der Waals surface area contributed by atoms with Gasteiger partial charge in [-0.1, -0.05) is 36.4 Å². The molecule has 40 heavy (non-hydrogen) atoms. The second kappa shape index (κ2) is 10.8. The molecule has 2 aliphatic heterocycles. The quantitative estimate of drug-likeness (QED) is 0.289. The molecule has 0 saturated heterocycles. The number of halogens is 1. The first-order valence-corrected chi connectivity index (χ1v) is 13.0. The minimum atomic E-state index is -0.528. The van der Waals surface area contributed by atoms with Crippen LogP contribution in [0.4, 0.5) is 4.39 Å². The summed E-state index contributed by atoms with van der Waals surface area (Å²) in [5.41, 5.74) is 3.96. The van der Waals surface area contributed by atoms with Crippen molar-refractivity contribution in [2.45, 2.75) is 19.1 Å². The number of rotatable bonds is 7. The van der Waals surface area contributed by atoms with Crippen LogP contribution in [0.3, 0.4) is 0 Å². The van der Waals surface area contributed by atoms with Crippen molar-refractivity contribution in [3.63, 3.8) is 0 Å². The number of nitrogens with zero attached hydrogens (tertiary/aromatic N) is 1. The van der Waals surface area contributed by atoms with Crippen molar-refractivity contribution < 1.29 is 32.9 Å². The van der Waals surface area contributed by atoms with E-state index in [4.69, 9.17) is 23.7 Å². The largest absolute Gasteiger partial charge is 0.493 e. The van der Waals surface area contributed by atoms with Gasteiger partial charge in [-0.15, -0.1) is 0 Å². The van der Waals surface area contributed by atoms with Crippen LogP contribution in [0.1, 0.15) is 38.7 Å². The Balaban J connectivity index is 1.45. The van der Waals surface area contributed by atoms with Gasteiger partial charge in [0.1, 0.15) is 12.4 Å². The van der Waals surface area contributed by atoms with Crippen LogP contribution >= 0.6 is 0 Å². The van der Waals surface area contributed by atoms with Crippen LogP contribution in [0.15, 0.2) is 78.9 Å². The van der Waals surface area contributed by atoms with Crippen molar-refractivity contribution >= 4 is 5.91 Å². The molecule has 0 saturated carbocycles. The number of benzene rings is 4. The third-order valence-electron chi connectivity index (χ3n) is 7.22. The number of amides is 1. The summed E-state index contributed by atoms with van der Waals surface area (Å²) in [7, 11) is 3.13. The lowest BCUT2D eigenvalue weighted by atomic mass is 9.87. The van der Waals surface area contributed by atoms with Crippen molar-refractivity contribution in [2.24, 2.45) is 0 Å². The lowest BCUT2D eigenvalue weighted by molar-refractivity contribution is 0.0693. The number of carbonyl (C=O) groups excluding carboxylic acids is 1. The van der Waals surface area contributed by atoms with Gasteiger partial charge in [0.15, 0.2) is 23.0 Å². The molecular formula is C32H28FNO6. The maximum absolute atomic E-state index is 14.1. The van der Waals surface area contributed by atoms with E-state index in [0.717, 1.165) is 22.3 Å². The van der Waals surface area contributed by atoms with Crippen LogP contribution < -0.4 is 23.7 Å². The zero-order valence-electron chi connectivity index (χ0n) is 22.2. The minimum Gasteiger partial charge on any atom is -0.493 e. The summed E-state index contributed by atoms with van der Waals surface area (Å²) in [6.07, 6.45) is 0.607. The normalized spacial score (nSPS) is 15.4. The van der Waals surface area contributed by atoms with E-state index in [9.17, 15) is 9.18 Å². The van der Waals surface area contributed by atoms with E-state index in [0.29, 0.717) is 48.3 Å². The van der Waals surface area contributed by atoms with Gasteiger partial charge in [0.05, 0.1) is 20.3 Å². The zero-order chi connectivity index (χ0) is 27.6. The molecule has 0 aliphatic carbocycles. The highest BCUT2D eigenvalue weighted by Gasteiger charge is 2.36. The SMILES string of the molecule is COc1cc(C2c3cc4c(cc3CCN2C(=O)c2cccc(F)c2)OCO4)cc(OC)c1OCc1ccccc1. The molecule has 4 aromatic carbocycles. The predicted molar refractivity (Wildman–Crippen MR) is 146 cm³/mol. The maximum atomic E-state index is 14.1. The third kappa shape index (κ3) is 4.77. The van der Waals surface area contributed by atoms with Gasteiger partial charge in [-0.05, 0) is 71.1 Å². The summed E-state index contributed by atoms with van der Waals surface area (Å²) in [6, 6.07) is 22.6. The molecule has 0 N–H and O–H groups in total. The number of carbonyl (C=O) groups is 1. The average Bonchev–Trinajstić information content (AvgIpc) is 3.45. The third-order valence-corrected chi connectivity index (χ3v) is 7.22. The summed E-state index contributed by atoms with van der Waals surface area (Å²) < 4.78 is 43.1. The van der Waals surface area contributed by atoms with E-state index >= 15 is 0 Å². The molecular weight excluding hydrogens is 513 g/mol. The van der Waals surface area contributed by atoms with Gasteiger partial charge >= 0.3 is 0 Å². The van der Waals surface area contributed by atoms with E-state index in [1.807, 2.05) is 54.6 Å². The van der Waals surface area contributed by atoms with Crippen LogP contribution in [0.2, 0.25) is 0 Å². The number of fused-ring (bicyclic) bond motifs is 2. The molecule has 204 valence electrons. The molecule has 8 heteroatoms. The van der Waals surface area contributed by atoms with Gasteiger partial charge in [0, 0.05) is 12.1 Å². The minimum absolute atomic E-state index is 0.143. The zero-order valence-corrected chi connectivity index (χ0v) is 22.2. The van der Waals surface area contributed by atoms with Gasteiger partial charge in [-0.2, -0.15) is 0 Å². The molecule has 0 bridgehead atoms. The lowest BCUT2D eigenvalue weighted by Gasteiger charge is -2.38. The summed E-state index contributed by atoms with van der Waals surface area (Å²) in [5, 5.41) is 0. The summed E-state index contributed by atoms with van der Waals surface area (Å²) in [6.45, 7) is 0.889. The Morgan fingerprint density at radius 2 is 1.65 bits per heavy atom. The molecule has 6 rings (SSSR count). The van der Waals surface area contributed by atoms with Crippen molar-refractivity contribution in [1.82, 2.24) is 4.90 Å². The fourth-order valence-electron chi connectivity index (χ4n) is 5.30. The highest BCUT2D eigenvalue weighted by Crippen LogP contribution is 2.47. The molecule has 0 fully saturated rings. The lowest BCUT2D eigenvalue weighted by Crippen LogP contribution is -2.40. The molecule has 0 aromatic heterocycles. The van der Waals surface area contributed by atoms with Gasteiger partial charge in [0.25, 0.3) is 5.91 Å². The number of ether oxygens (including phenoxy) is 5. The standard InChI is InChI=1S/C32H28FNO6/c1-36-28-15-23(16-29(37-2)31(28)38-18-20-7-4-3-5-8-20)30-25-17-27-26(39-19-40-27)14-21(25)11-12-34(30)32(35)22-9-6-10-24(33)13-22/h3-10,13-17,30H,11-12,18-19H2,1-2H3. The predicted octanol–water partition coefficient (Wildman–Crippen LogP) is 5.94. The van der Waals surface area contributed by atoms with Crippen LogP contribution in [-0.2, 0) is 13.0 Å². The Morgan fingerprint density at radius 1 is 0.925 bits per heavy atom. The van der Waals surface area contributed by atoms with Crippen molar-refractivity contribution in [1.29, 1.82) is 0 Å². The second-order valence-electron chi connectivity index (χ2n) is 9.59. The van der Waals surface area contributed by atoms with E-state index in [2.05, 4.69) is 0 Å². The highest BCUT2D eigenvalue weighted by atomic mass is 19.1. The molecule has 1 amide bonds.